The van der Waals surface area contributed by atoms with Crippen LogP contribution in [0.3, 0.4) is 0 Å². The summed E-state index contributed by atoms with van der Waals surface area (Å²) in [6.45, 7) is 2.48. The van der Waals surface area contributed by atoms with Gasteiger partial charge in [0.1, 0.15) is 17.4 Å². The van der Waals surface area contributed by atoms with Crippen LogP contribution in [0.5, 0.6) is 5.75 Å². The number of halogens is 1. The lowest BCUT2D eigenvalue weighted by atomic mass is 10.1. The highest BCUT2D eigenvalue weighted by Crippen LogP contribution is 2.30. The van der Waals surface area contributed by atoms with E-state index in [-0.39, 0.29) is 6.04 Å². The summed E-state index contributed by atoms with van der Waals surface area (Å²) in [6.07, 6.45) is 2.58. The lowest BCUT2D eigenvalue weighted by molar-refractivity contribution is 0.300. The second-order valence-electron chi connectivity index (χ2n) is 4.12. The molecule has 96 valence electrons. The fourth-order valence-electron chi connectivity index (χ4n) is 1.68. The Balaban J connectivity index is 2.14. The Labute approximate surface area is 119 Å². The zero-order valence-electron chi connectivity index (χ0n) is 10.1. The highest BCUT2D eigenvalue weighted by atomic mass is 79.9. The average Bonchev–Trinajstić information content (AvgIpc) is 2.80. The molecule has 0 amide bonds. The minimum atomic E-state index is 0.113. The summed E-state index contributed by atoms with van der Waals surface area (Å²) in [5.74, 6) is 0.866. The lowest BCUT2D eigenvalue weighted by Crippen LogP contribution is -2.18. The molecule has 0 aliphatic heterocycles. The van der Waals surface area contributed by atoms with E-state index in [9.17, 15) is 0 Å². The molecule has 2 N–H and O–H groups in total. The van der Waals surface area contributed by atoms with Crippen molar-refractivity contribution in [1.82, 2.24) is 4.98 Å². The molecule has 0 aliphatic carbocycles. The molecule has 5 heteroatoms. The molecule has 1 aromatic heterocycles. The number of hydrogen-bond acceptors (Lipinski definition) is 4. The third kappa shape index (κ3) is 3.54. The number of ether oxygens (including phenoxy) is 1. The van der Waals surface area contributed by atoms with Crippen LogP contribution in [0.25, 0.3) is 0 Å². The summed E-state index contributed by atoms with van der Waals surface area (Å²) in [5, 5.41) is 2.92. The predicted octanol–water partition coefficient (Wildman–Crippen LogP) is 3.37. The predicted molar refractivity (Wildman–Crippen MR) is 77.9 cm³/mol. The van der Waals surface area contributed by atoms with Gasteiger partial charge in [-0.25, -0.2) is 4.98 Å². The molecular formula is C13H15BrN2OS. The van der Waals surface area contributed by atoms with Crippen LogP contribution in [-0.4, -0.2) is 11.0 Å². The number of hydrogen-bond donors (Lipinski definition) is 1. The highest BCUT2D eigenvalue weighted by molar-refractivity contribution is 9.10. The van der Waals surface area contributed by atoms with Crippen molar-refractivity contribution < 1.29 is 4.74 Å². The molecule has 2 rings (SSSR count). The van der Waals surface area contributed by atoms with Crippen molar-refractivity contribution in [2.75, 3.05) is 0 Å². The van der Waals surface area contributed by atoms with Crippen LogP contribution < -0.4 is 10.5 Å². The second kappa shape index (κ2) is 6.31. The number of thiazole rings is 1. The van der Waals surface area contributed by atoms with Crippen LogP contribution in [0.15, 0.2) is 34.2 Å². The van der Waals surface area contributed by atoms with E-state index in [1.807, 2.05) is 30.5 Å². The van der Waals surface area contributed by atoms with Crippen molar-refractivity contribution in [3.63, 3.8) is 0 Å². The Morgan fingerprint density at radius 1 is 1.50 bits per heavy atom. The Kier molecular flexibility index (Phi) is 4.74. The minimum Gasteiger partial charge on any atom is -0.485 e. The maximum Gasteiger partial charge on any atom is 0.140 e. The van der Waals surface area contributed by atoms with Crippen molar-refractivity contribution in [2.24, 2.45) is 5.73 Å². The zero-order valence-corrected chi connectivity index (χ0v) is 12.5. The molecule has 0 aliphatic rings. The Bertz CT molecular complexity index is 500. The van der Waals surface area contributed by atoms with Crippen LogP contribution in [0.2, 0.25) is 0 Å². The van der Waals surface area contributed by atoms with E-state index in [2.05, 4.69) is 20.9 Å². The first-order valence-corrected chi connectivity index (χ1v) is 7.38. The van der Waals surface area contributed by atoms with Gasteiger partial charge in [-0.15, -0.1) is 11.3 Å². The van der Waals surface area contributed by atoms with Gasteiger partial charge in [-0.05, 0) is 40.9 Å². The van der Waals surface area contributed by atoms with E-state index < -0.39 is 0 Å². The summed E-state index contributed by atoms with van der Waals surface area (Å²) < 4.78 is 6.81. The standard InChI is InChI=1S/C13H15BrN2OS/c1-9(15)7-10-3-2-4-11(14)13(10)17-8-12-16-5-6-18-12/h2-6,9H,7-8,15H2,1H3. The topological polar surface area (TPSA) is 48.1 Å². The van der Waals surface area contributed by atoms with Gasteiger partial charge in [0.2, 0.25) is 0 Å². The first kappa shape index (κ1) is 13.5. The van der Waals surface area contributed by atoms with Crippen LogP contribution in [0.1, 0.15) is 17.5 Å². The zero-order chi connectivity index (χ0) is 13.0. The molecule has 0 saturated carbocycles. The van der Waals surface area contributed by atoms with Gasteiger partial charge in [0, 0.05) is 17.6 Å². The Morgan fingerprint density at radius 2 is 2.33 bits per heavy atom. The van der Waals surface area contributed by atoms with E-state index in [0.717, 1.165) is 27.2 Å². The number of para-hydroxylation sites is 1. The number of nitrogens with zero attached hydrogens (tertiary/aromatic N) is 1. The van der Waals surface area contributed by atoms with E-state index in [1.165, 1.54) is 0 Å². The van der Waals surface area contributed by atoms with Gasteiger partial charge in [0.25, 0.3) is 0 Å². The van der Waals surface area contributed by atoms with Gasteiger partial charge in [-0.2, -0.15) is 0 Å². The summed E-state index contributed by atoms with van der Waals surface area (Å²) >= 11 is 5.11. The number of benzene rings is 1. The molecule has 0 fully saturated rings. The van der Waals surface area contributed by atoms with E-state index in [0.29, 0.717) is 6.61 Å². The Morgan fingerprint density at radius 3 is 3.00 bits per heavy atom. The molecule has 3 nitrogen and oxygen atoms in total. The van der Waals surface area contributed by atoms with Gasteiger partial charge >= 0.3 is 0 Å². The fourth-order valence-corrected chi connectivity index (χ4v) is 2.73. The van der Waals surface area contributed by atoms with E-state index in [1.54, 1.807) is 17.5 Å². The van der Waals surface area contributed by atoms with Crippen LogP contribution in [0, 0.1) is 0 Å². The monoisotopic (exact) mass is 326 g/mol. The van der Waals surface area contributed by atoms with Crippen molar-refractivity contribution in [2.45, 2.75) is 26.0 Å². The molecule has 0 spiro atoms. The summed E-state index contributed by atoms with van der Waals surface area (Å²) in [7, 11) is 0. The molecule has 1 unspecified atom stereocenters. The van der Waals surface area contributed by atoms with Gasteiger partial charge in [0.15, 0.2) is 0 Å². The number of rotatable bonds is 5. The normalized spacial score (nSPS) is 12.4. The SMILES string of the molecule is CC(N)Cc1cccc(Br)c1OCc1nccs1. The fraction of sp³-hybridized carbons (Fsp3) is 0.308. The third-order valence-electron chi connectivity index (χ3n) is 2.41. The van der Waals surface area contributed by atoms with Crippen molar-refractivity contribution in [1.29, 1.82) is 0 Å². The third-order valence-corrected chi connectivity index (χ3v) is 3.79. The lowest BCUT2D eigenvalue weighted by Gasteiger charge is -2.14. The molecule has 1 atom stereocenters. The first-order chi connectivity index (χ1) is 8.66. The quantitative estimate of drug-likeness (QED) is 0.916. The number of nitrogens with two attached hydrogens (primary N) is 1. The van der Waals surface area contributed by atoms with Crippen LogP contribution in [0.4, 0.5) is 0 Å². The molecule has 1 aromatic carbocycles. The van der Waals surface area contributed by atoms with Gasteiger partial charge < -0.3 is 10.5 Å². The second-order valence-corrected chi connectivity index (χ2v) is 5.96. The first-order valence-electron chi connectivity index (χ1n) is 5.71. The van der Waals surface area contributed by atoms with Crippen molar-refractivity contribution in [3.05, 3.63) is 44.8 Å². The van der Waals surface area contributed by atoms with Gasteiger partial charge in [-0.3, -0.25) is 0 Å². The molecule has 0 radical (unpaired) electrons. The van der Waals surface area contributed by atoms with E-state index in [4.69, 9.17) is 10.5 Å². The van der Waals surface area contributed by atoms with Gasteiger partial charge in [-0.1, -0.05) is 12.1 Å². The van der Waals surface area contributed by atoms with Crippen molar-refractivity contribution in [3.8, 4) is 5.75 Å². The van der Waals surface area contributed by atoms with Crippen LogP contribution in [-0.2, 0) is 13.0 Å². The smallest absolute Gasteiger partial charge is 0.140 e. The molecule has 2 aromatic rings. The largest absolute Gasteiger partial charge is 0.485 e. The summed E-state index contributed by atoms with van der Waals surface area (Å²) in [5.41, 5.74) is 6.97. The summed E-state index contributed by atoms with van der Waals surface area (Å²) in [6, 6.07) is 6.13. The maximum absolute atomic E-state index is 5.86. The Hall–Kier alpha value is -0.910. The number of aromatic nitrogens is 1. The average molecular weight is 327 g/mol. The molecule has 0 bridgehead atoms. The van der Waals surface area contributed by atoms with Crippen LogP contribution >= 0.6 is 27.3 Å². The molecule has 1 heterocycles. The summed E-state index contributed by atoms with van der Waals surface area (Å²) in [4.78, 5) is 4.21. The highest BCUT2D eigenvalue weighted by Gasteiger charge is 2.10. The van der Waals surface area contributed by atoms with Gasteiger partial charge in [0.05, 0.1) is 4.47 Å². The maximum atomic E-state index is 5.86. The van der Waals surface area contributed by atoms with E-state index >= 15 is 0 Å². The molecule has 0 saturated heterocycles. The minimum absolute atomic E-state index is 0.113. The molecular weight excluding hydrogens is 312 g/mol. The van der Waals surface area contributed by atoms with Crippen molar-refractivity contribution >= 4 is 27.3 Å². The molecule has 18 heavy (non-hydrogen) atoms.